The number of fused-ring (bicyclic) bond motifs is 1. The van der Waals surface area contributed by atoms with Gasteiger partial charge in [0.25, 0.3) is 0 Å². The fourth-order valence-corrected chi connectivity index (χ4v) is 2.80. The second-order valence-electron chi connectivity index (χ2n) is 5.43. The lowest BCUT2D eigenvalue weighted by Gasteiger charge is -2.17. The third-order valence-electron chi connectivity index (χ3n) is 4.02. The number of para-hydroxylation sites is 1. The Kier molecular flexibility index (Phi) is 3.92. The molecule has 22 heavy (non-hydrogen) atoms. The van der Waals surface area contributed by atoms with Gasteiger partial charge in [0.1, 0.15) is 0 Å². The number of carboxylic acid groups (broad SMARTS) is 1. The van der Waals surface area contributed by atoms with Crippen LogP contribution in [0.5, 0.6) is 0 Å². The van der Waals surface area contributed by atoms with E-state index in [-0.39, 0.29) is 11.5 Å². The molecule has 1 aliphatic heterocycles. The number of amides is 1. The van der Waals surface area contributed by atoms with Crippen LogP contribution >= 0.6 is 0 Å². The smallest absolute Gasteiger partial charge is 0.335 e. The molecule has 0 atom stereocenters. The van der Waals surface area contributed by atoms with Gasteiger partial charge in [-0.3, -0.25) is 4.79 Å². The van der Waals surface area contributed by atoms with Crippen LogP contribution in [0.1, 0.15) is 27.9 Å². The molecule has 0 saturated carbocycles. The van der Waals surface area contributed by atoms with Gasteiger partial charge in [-0.25, -0.2) is 4.79 Å². The Morgan fingerprint density at radius 2 is 1.77 bits per heavy atom. The van der Waals surface area contributed by atoms with E-state index in [9.17, 15) is 9.59 Å². The molecule has 0 fully saturated rings. The predicted octanol–water partition coefficient (Wildman–Crippen LogP) is 2.91. The number of carbonyl (C=O) groups excluding carboxylic acids is 1. The van der Waals surface area contributed by atoms with Crippen molar-refractivity contribution in [3.05, 3.63) is 65.2 Å². The first kappa shape index (κ1) is 14.3. The van der Waals surface area contributed by atoms with E-state index in [1.54, 1.807) is 24.3 Å². The lowest BCUT2D eigenvalue weighted by molar-refractivity contribution is -0.118. The first-order valence-electron chi connectivity index (χ1n) is 7.35. The normalized spacial score (nSPS) is 13.0. The zero-order chi connectivity index (χ0) is 15.5. The SMILES string of the molecule is O=C(O)c1ccc(CCC(=O)N2CCc3ccccc32)cc1. The van der Waals surface area contributed by atoms with Crippen LogP contribution in [-0.4, -0.2) is 23.5 Å². The Bertz CT molecular complexity index is 707. The largest absolute Gasteiger partial charge is 0.478 e. The zero-order valence-corrected chi connectivity index (χ0v) is 12.2. The summed E-state index contributed by atoms with van der Waals surface area (Å²) in [6, 6.07) is 14.7. The number of aryl methyl sites for hydroxylation is 1. The zero-order valence-electron chi connectivity index (χ0n) is 12.2. The van der Waals surface area contributed by atoms with E-state index in [0.717, 1.165) is 24.2 Å². The first-order valence-corrected chi connectivity index (χ1v) is 7.35. The molecule has 1 amide bonds. The summed E-state index contributed by atoms with van der Waals surface area (Å²) in [4.78, 5) is 25.0. The minimum Gasteiger partial charge on any atom is -0.478 e. The predicted molar refractivity (Wildman–Crippen MR) is 84.2 cm³/mol. The number of anilines is 1. The maximum absolute atomic E-state index is 12.4. The number of aromatic carboxylic acids is 1. The summed E-state index contributed by atoms with van der Waals surface area (Å²) in [5.74, 6) is -0.816. The summed E-state index contributed by atoms with van der Waals surface area (Å²) in [6.07, 6.45) is 1.97. The molecule has 0 aromatic heterocycles. The molecule has 4 nitrogen and oxygen atoms in total. The highest BCUT2D eigenvalue weighted by molar-refractivity contribution is 5.95. The van der Waals surface area contributed by atoms with Crippen LogP contribution in [0, 0.1) is 0 Å². The number of carboxylic acids is 1. The van der Waals surface area contributed by atoms with Gasteiger partial charge in [-0.2, -0.15) is 0 Å². The Hall–Kier alpha value is -2.62. The van der Waals surface area contributed by atoms with E-state index in [0.29, 0.717) is 12.8 Å². The van der Waals surface area contributed by atoms with Crippen LogP contribution in [0.2, 0.25) is 0 Å². The standard InChI is InChI=1S/C18H17NO3/c20-17(19-12-11-14-3-1-2-4-16(14)19)10-7-13-5-8-15(9-6-13)18(21)22/h1-6,8-9H,7,10-12H2,(H,21,22). The summed E-state index contributed by atoms with van der Waals surface area (Å²) in [6.45, 7) is 0.746. The molecule has 1 aliphatic rings. The number of rotatable bonds is 4. The summed E-state index contributed by atoms with van der Waals surface area (Å²) in [7, 11) is 0. The molecule has 2 aromatic carbocycles. The number of hydrogen-bond acceptors (Lipinski definition) is 2. The van der Waals surface area contributed by atoms with Gasteiger partial charge in [-0.05, 0) is 42.2 Å². The van der Waals surface area contributed by atoms with Gasteiger partial charge >= 0.3 is 5.97 Å². The molecule has 0 bridgehead atoms. The molecule has 2 aromatic rings. The fourth-order valence-electron chi connectivity index (χ4n) is 2.80. The molecule has 0 radical (unpaired) electrons. The van der Waals surface area contributed by atoms with Crippen LogP contribution in [0.25, 0.3) is 0 Å². The van der Waals surface area contributed by atoms with Crippen molar-refractivity contribution in [2.45, 2.75) is 19.3 Å². The molecule has 112 valence electrons. The van der Waals surface area contributed by atoms with Crippen molar-refractivity contribution in [1.29, 1.82) is 0 Å². The summed E-state index contributed by atoms with van der Waals surface area (Å²) in [5, 5.41) is 8.87. The van der Waals surface area contributed by atoms with Crippen LogP contribution in [0.3, 0.4) is 0 Å². The highest BCUT2D eigenvalue weighted by atomic mass is 16.4. The van der Waals surface area contributed by atoms with Crippen molar-refractivity contribution in [2.24, 2.45) is 0 Å². The Labute approximate surface area is 129 Å². The van der Waals surface area contributed by atoms with Crippen LogP contribution in [0.4, 0.5) is 5.69 Å². The van der Waals surface area contributed by atoms with Crippen LogP contribution in [0.15, 0.2) is 48.5 Å². The first-order chi connectivity index (χ1) is 10.6. The summed E-state index contributed by atoms with van der Waals surface area (Å²) in [5.41, 5.74) is 3.49. The lowest BCUT2D eigenvalue weighted by atomic mass is 10.1. The van der Waals surface area contributed by atoms with Gasteiger partial charge in [0, 0.05) is 18.7 Å². The number of carbonyl (C=O) groups is 2. The maximum atomic E-state index is 12.4. The van der Waals surface area contributed by atoms with Crippen molar-refractivity contribution >= 4 is 17.6 Å². The maximum Gasteiger partial charge on any atom is 0.335 e. The number of hydrogen-bond donors (Lipinski definition) is 1. The van der Waals surface area contributed by atoms with E-state index in [2.05, 4.69) is 6.07 Å². The van der Waals surface area contributed by atoms with Gasteiger partial charge in [-0.15, -0.1) is 0 Å². The highest BCUT2D eigenvalue weighted by Gasteiger charge is 2.23. The second-order valence-corrected chi connectivity index (χ2v) is 5.43. The second kappa shape index (κ2) is 6.02. The van der Waals surface area contributed by atoms with E-state index in [4.69, 9.17) is 5.11 Å². The average Bonchev–Trinajstić information content (AvgIpc) is 2.97. The Morgan fingerprint density at radius 1 is 1.05 bits per heavy atom. The monoisotopic (exact) mass is 295 g/mol. The van der Waals surface area contributed by atoms with Gasteiger partial charge in [-0.1, -0.05) is 30.3 Å². The molecule has 1 N–H and O–H groups in total. The Morgan fingerprint density at radius 3 is 2.50 bits per heavy atom. The molecule has 0 aliphatic carbocycles. The van der Waals surface area contributed by atoms with Gasteiger partial charge in [0.15, 0.2) is 0 Å². The molecule has 3 rings (SSSR count). The van der Waals surface area contributed by atoms with Crippen molar-refractivity contribution < 1.29 is 14.7 Å². The minimum absolute atomic E-state index is 0.118. The number of benzene rings is 2. The summed E-state index contributed by atoms with van der Waals surface area (Å²) >= 11 is 0. The third-order valence-corrected chi connectivity index (χ3v) is 4.02. The van der Waals surface area contributed by atoms with Crippen molar-refractivity contribution in [1.82, 2.24) is 0 Å². The van der Waals surface area contributed by atoms with Crippen molar-refractivity contribution in [2.75, 3.05) is 11.4 Å². The topological polar surface area (TPSA) is 57.6 Å². The van der Waals surface area contributed by atoms with E-state index in [1.165, 1.54) is 5.56 Å². The third kappa shape index (κ3) is 2.86. The van der Waals surface area contributed by atoms with Gasteiger partial charge in [0.05, 0.1) is 5.56 Å². The fraction of sp³-hybridized carbons (Fsp3) is 0.222. The average molecular weight is 295 g/mol. The molecule has 4 heteroatoms. The molecule has 0 saturated heterocycles. The molecule has 0 spiro atoms. The van der Waals surface area contributed by atoms with E-state index in [1.807, 2.05) is 23.1 Å². The van der Waals surface area contributed by atoms with Crippen LogP contribution < -0.4 is 4.90 Å². The van der Waals surface area contributed by atoms with E-state index >= 15 is 0 Å². The minimum atomic E-state index is -0.934. The number of nitrogens with zero attached hydrogens (tertiary/aromatic N) is 1. The van der Waals surface area contributed by atoms with Crippen molar-refractivity contribution in [3.8, 4) is 0 Å². The molecule has 0 unspecified atom stereocenters. The lowest BCUT2D eigenvalue weighted by Crippen LogP contribution is -2.29. The molecule has 1 heterocycles. The van der Waals surface area contributed by atoms with E-state index < -0.39 is 5.97 Å². The molecular weight excluding hydrogens is 278 g/mol. The van der Waals surface area contributed by atoms with Gasteiger partial charge < -0.3 is 10.0 Å². The quantitative estimate of drug-likeness (QED) is 0.943. The highest BCUT2D eigenvalue weighted by Crippen LogP contribution is 2.28. The Balaban J connectivity index is 1.62. The molecular formula is C18H17NO3. The van der Waals surface area contributed by atoms with Crippen molar-refractivity contribution in [3.63, 3.8) is 0 Å². The van der Waals surface area contributed by atoms with Gasteiger partial charge in [0.2, 0.25) is 5.91 Å². The summed E-state index contributed by atoms with van der Waals surface area (Å²) < 4.78 is 0. The van der Waals surface area contributed by atoms with Crippen LogP contribution in [-0.2, 0) is 17.6 Å².